The van der Waals surface area contributed by atoms with E-state index in [1.54, 1.807) is 30.3 Å². The quantitative estimate of drug-likeness (QED) is 0.462. The van der Waals surface area contributed by atoms with Gasteiger partial charge in [0.2, 0.25) is 5.91 Å². The molecular weight excluding hydrogens is 426 g/mol. The third-order valence-electron chi connectivity index (χ3n) is 6.19. The third-order valence-corrected chi connectivity index (χ3v) is 6.19. The van der Waals surface area contributed by atoms with E-state index in [0.717, 1.165) is 35.8 Å². The molecule has 2 N–H and O–H groups in total. The number of carbonyl (C=O) groups is 1. The van der Waals surface area contributed by atoms with Crippen molar-refractivity contribution in [3.63, 3.8) is 0 Å². The van der Waals surface area contributed by atoms with Crippen LogP contribution in [0.5, 0.6) is 0 Å². The van der Waals surface area contributed by atoms with Gasteiger partial charge in [0.05, 0.1) is 29.3 Å². The van der Waals surface area contributed by atoms with E-state index >= 15 is 0 Å². The first kappa shape index (κ1) is 21.2. The van der Waals surface area contributed by atoms with Crippen molar-refractivity contribution in [2.75, 3.05) is 0 Å². The Kier molecular flexibility index (Phi) is 5.62. The highest BCUT2D eigenvalue weighted by molar-refractivity contribution is 5.85. The topological polar surface area (TPSA) is 88.5 Å². The van der Waals surface area contributed by atoms with Crippen LogP contribution in [0.25, 0.3) is 22.2 Å². The Balaban J connectivity index is 1.31. The van der Waals surface area contributed by atoms with Crippen molar-refractivity contribution >= 4 is 16.9 Å². The highest BCUT2D eigenvalue weighted by Crippen LogP contribution is 2.33. The van der Waals surface area contributed by atoms with Crippen LogP contribution in [-0.4, -0.2) is 30.6 Å². The lowest BCUT2D eigenvalue weighted by atomic mass is 10.0. The zero-order valence-electron chi connectivity index (χ0n) is 18.2. The van der Waals surface area contributed by atoms with Gasteiger partial charge in [-0.25, -0.2) is 13.8 Å². The van der Waals surface area contributed by atoms with Crippen LogP contribution < -0.4 is 5.32 Å². The predicted octanol–water partition coefficient (Wildman–Crippen LogP) is 4.15. The van der Waals surface area contributed by atoms with Gasteiger partial charge in [0.1, 0.15) is 5.82 Å². The predicted molar refractivity (Wildman–Crippen MR) is 119 cm³/mol. The Labute approximate surface area is 189 Å². The monoisotopic (exact) mass is 450 g/mol. The normalized spacial score (nSPS) is 14.3. The number of aromatic amines is 1. The Hall–Kier alpha value is -3.62. The number of imidazole rings is 1. The molecule has 0 aliphatic heterocycles. The van der Waals surface area contributed by atoms with Gasteiger partial charge < -0.3 is 10.3 Å². The minimum absolute atomic E-state index is 0.00996. The van der Waals surface area contributed by atoms with Gasteiger partial charge in [0.15, 0.2) is 11.6 Å². The molecule has 9 heteroatoms. The maximum atomic E-state index is 14.4. The number of carbonyl (C=O) groups excluding carboxylic acids is 1. The molecule has 3 aromatic heterocycles. The second-order valence-corrected chi connectivity index (χ2v) is 8.54. The third kappa shape index (κ3) is 4.35. The highest BCUT2D eigenvalue weighted by Gasteiger charge is 2.22. The molecule has 1 fully saturated rings. The van der Waals surface area contributed by atoms with Crippen LogP contribution >= 0.6 is 0 Å². The molecule has 170 valence electrons. The molecule has 1 amide bonds. The van der Waals surface area contributed by atoms with Crippen molar-refractivity contribution in [1.82, 2.24) is 30.0 Å². The van der Waals surface area contributed by atoms with E-state index in [2.05, 4.69) is 20.4 Å². The first-order valence-corrected chi connectivity index (χ1v) is 11.0. The molecule has 3 heterocycles. The van der Waals surface area contributed by atoms with Crippen LogP contribution in [0.2, 0.25) is 0 Å². The van der Waals surface area contributed by atoms with Crippen molar-refractivity contribution < 1.29 is 13.6 Å². The molecule has 1 aliphatic carbocycles. The Morgan fingerprint density at radius 1 is 1.24 bits per heavy atom. The van der Waals surface area contributed by atoms with E-state index in [0.29, 0.717) is 22.7 Å². The minimum Gasteiger partial charge on any atom is -0.352 e. The smallest absolute Gasteiger partial charge is 0.226 e. The molecule has 0 saturated heterocycles. The Morgan fingerprint density at radius 2 is 2.06 bits per heavy atom. The number of nitrogens with zero attached hydrogens (tertiary/aromatic N) is 4. The summed E-state index contributed by atoms with van der Waals surface area (Å²) in [5, 5.41) is 6.75. The Bertz CT molecular complexity index is 1320. The molecule has 4 aromatic rings. The summed E-state index contributed by atoms with van der Waals surface area (Å²) in [6.45, 7) is -0.137. The summed E-state index contributed by atoms with van der Waals surface area (Å²) in [6, 6.07) is 4.48. The lowest BCUT2D eigenvalue weighted by molar-refractivity contribution is -0.120. The maximum Gasteiger partial charge on any atom is 0.226 e. The molecule has 0 bridgehead atoms. The summed E-state index contributed by atoms with van der Waals surface area (Å²) >= 11 is 0. The number of fused-ring (bicyclic) bond motifs is 1. The van der Waals surface area contributed by atoms with Crippen LogP contribution in [0.4, 0.5) is 8.78 Å². The highest BCUT2D eigenvalue weighted by atomic mass is 19.2. The van der Waals surface area contributed by atoms with Crippen molar-refractivity contribution in [2.45, 2.75) is 44.6 Å². The van der Waals surface area contributed by atoms with Crippen LogP contribution in [0.3, 0.4) is 0 Å². The molecule has 0 unspecified atom stereocenters. The zero-order chi connectivity index (χ0) is 22.9. The second-order valence-electron chi connectivity index (χ2n) is 8.54. The van der Waals surface area contributed by atoms with Crippen LogP contribution in [0, 0.1) is 11.6 Å². The van der Waals surface area contributed by atoms with E-state index in [9.17, 15) is 13.6 Å². The second kappa shape index (κ2) is 8.73. The van der Waals surface area contributed by atoms with Crippen molar-refractivity contribution in [3.8, 4) is 11.1 Å². The lowest BCUT2D eigenvalue weighted by Crippen LogP contribution is -2.25. The van der Waals surface area contributed by atoms with Crippen molar-refractivity contribution in [2.24, 2.45) is 7.05 Å². The summed E-state index contributed by atoms with van der Waals surface area (Å²) in [5.41, 5.74) is 3.35. The van der Waals surface area contributed by atoms with Gasteiger partial charge in [-0.05, 0) is 36.6 Å². The number of benzene rings is 1. The number of pyridine rings is 1. The van der Waals surface area contributed by atoms with Gasteiger partial charge in [-0.1, -0.05) is 12.8 Å². The lowest BCUT2D eigenvalue weighted by Gasteiger charge is -2.09. The van der Waals surface area contributed by atoms with Crippen LogP contribution in [0.1, 0.15) is 48.7 Å². The molecular formula is C24H24F2N6O. The molecule has 7 nitrogen and oxygen atoms in total. The summed E-state index contributed by atoms with van der Waals surface area (Å²) in [4.78, 5) is 25.0. The number of hydrogen-bond acceptors (Lipinski definition) is 4. The molecule has 0 spiro atoms. The van der Waals surface area contributed by atoms with Crippen molar-refractivity contribution in [3.05, 3.63) is 65.5 Å². The van der Waals surface area contributed by atoms with Gasteiger partial charge >= 0.3 is 0 Å². The number of rotatable bonds is 6. The Morgan fingerprint density at radius 3 is 2.82 bits per heavy atom. The largest absolute Gasteiger partial charge is 0.352 e. The first-order chi connectivity index (χ1) is 16.0. The van der Waals surface area contributed by atoms with E-state index in [4.69, 9.17) is 4.98 Å². The van der Waals surface area contributed by atoms with Crippen LogP contribution in [0.15, 0.2) is 36.8 Å². The molecule has 1 aliphatic rings. The fourth-order valence-corrected chi connectivity index (χ4v) is 4.46. The number of aromatic nitrogens is 5. The number of H-pyrrole nitrogens is 1. The van der Waals surface area contributed by atoms with E-state index in [-0.39, 0.29) is 24.4 Å². The number of halogens is 2. The zero-order valence-corrected chi connectivity index (χ0v) is 18.2. The number of aryl methyl sites for hydroxylation is 1. The standard InChI is InChI=1S/C24H24F2N6O/c1-32-13-17(12-29-32)15-8-16(22(26)18(25)9-15)11-28-21(33)10-20-23-19(6-7-27-20)30-24(31-23)14-4-2-3-5-14/h6-9,12-14H,2-5,10-11H2,1H3,(H,28,33)(H,30,31). The molecule has 1 aromatic carbocycles. The number of nitrogens with one attached hydrogen (secondary N) is 2. The number of amides is 1. The van der Waals surface area contributed by atoms with Crippen LogP contribution in [-0.2, 0) is 24.8 Å². The van der Waals surface area contributed by atoms with Gasteiger partial charge in [-0.3, -0.25) is 14.5 Å². The fourth-order valence-electron chi connectivity index (χ4n) is 4.46. The first-order valence-electron chi connectivity index (χ1n) is 11.0. The molecule has 0 radical (unpaired) electrons. The molecule has 1 saturated carbocycles. The maximum absolute atomic E-state index is 14.4. The van der Waals surface area contributed by atoms with E-state index < -0.39 is 11.6 Å². The fraction of sp³-hybridized carbons (Fsp3) is 0.333. The average Bonchev–Trinajstić information content (AvgIpc) is 3.55. The van der Waals surface area contributed by atoms with Gasteiger partial charge in [0, 0.05) is 43.0 Å². The summed E-state index contributed by atoms with van der Waals surface area (Å²) in [6.07, 6.45) is 9.57. The molecule has 5 rings (SSSR count). The van der Waals surface area contributed by atoms with E-state index in [1.165, 1.54) is 18.9 Å². The summed E-state index contributed by atoms with van der Waals surface area (Å²) in [7, 11) is 1.75. The summed E-state index contributed by atoms with van der Waals surface area (Å²) < 4.78 is 30.1. The molecule has 0 atom stereocenters. The van der Waals surface area contributed by atoms with E-state index in [1.807, 2.05) is 6.07 Å². The SMILES string of the molecule is Cn1cc(-c2cc(F)c(F)c(CNC(=O)Cc3nccc4nc(C5CCCC5)[nH]c34)c2)cn1. The summed E-state index contributed by atoms with van der Waals surface area (Å²) in [5.74, 6) is -0.911. The average molecular weight is 450 g/mol. The van der Waals surface area contributed by atoms with Gasteiger partial charge in [-0.2, -0.15) is 5.10 Å². The number of hydrogen-bond donors (Lipinski definition) is 2. The minimum atomic E-state index is -0.974. The van der Waals surface area contributed by atoms with Gasteiger partial charge in [0.25, 0.3) is 0 Å². The van der Waals surface area contributed by atoms with Gasteiger partial charge in [-0.15, -0.1) is 0 Å². The van der Waals surface area contributed by atoms with Crippen molar-refractivity contribution in [1.29, 1.82) is 0 Å². The molecule has 33 heavy (non-hydrogen) atoms.